The van der Waals surface area contributed by atoms with E-state index in [1.807, 2.05) is 11.4 Å². The van der Waals surface area contributed by atoms with Crippen molar-refractivity contribution in [3.05, 3.63) is 45.8 Å². The summed E-state index contributed by atoms with van der Waals surface area (Å²) < 4.78 is 32.7. The van der Waals surface area contributed by atoms with Crippen LogP contribution in [-0.2, 0) is 0 Å². The van der Waals surface area contributed by atoms with Gasteiger partial charge in [-0.25, -0.2) is 8.78 Å². The molecule has 1 aromatic carbocycles. The lowest BCUT2D eigenvalue weighted by Crippen LogP contribution is -1.91. The standard InChI is InChI=1S/C13H7BrF2N2OS/c14-8-3-4-20-12(8)11-10(13(17)19-18-11)7-2-1-6(15)5-9(7)16/h1-5H,17H2. The van der Waals surface area contributed by atoms with Crippen LogP contribution in [0.1, 0.15) is 0 Å². The quantitative estimate of drug-likeness (QED) is 0.724. The molecule has 0 aliphatic carbocycles. The van der Waals surface area contributed by atoms with Crippen LogP contribution in [0.2, 0.25) is 0 Å². The van der Waals surface area contributed by atoms with E-state index in [1.54, 1.807) is 0 Å². The van der Waals surface area contributed by atoms with Gasteiger partial charge in [-0.3, -0.25) is 0 Å². The zero-order valence-electron chi connectivity index (χ0n) is 9.86. The molecule has 3 rings (SSSR count). The number of rotatable bonds is 2. The van der Waals surface area contributed by atoms with E-state index < -0.39 is 11.6 Å². The molecule has 0 spiro atoms. The van der Waals surface area contributed by atoms with Crippen LogP contribution in [0.5, 0.6) is 0 Å². The molecule has 0 saturated carbocycles. The molecule has 0 fully saturated rings. The topological polar surface area (TPSA) is 52.0 Å². The highest BCUT2D eigenvalue weighted by Gasteiger charge is 2.22. The molecule has 0 unspecified atom stereocenters. The molecule has 2 heterocycles. The van der Waals surface area contributed by atoms with Crippen molar-refractivity contribution in [1.29, 1.82) is 0 Å². The molecular formula is C13H7BrF2N2OS. The fourth-order valence-electron chi connectivity index (χ4n) is 1.87. The van der Waals surface area contributed by atoms with Crippen LogP contribution >= 0.6 is 27.3 Å². The third kappa shape index (κ3) is 2.12. The first-order valence-corrected chi connectivity index (χ1v) is 7.19. The Morgan fingerprint density at radius 1 is 1.25 bits per heavy atom. The maximum absolute atomic E-state index is 13.9. The molecule has 0 aliphatic heterocycles. The van der Waals surface area contributed by atoms with Crippen LogP contribution in [0.15, 0.2) is 38.6 Å². The van der Waals surface area contributed by atoms with E-state index in [2.05, 4.69) is 21.1 Å². The van der Waals surface area contributed by atoms with Crippen molar-refractivity contribution in [3.8, 4) is 21.7 Å². The Hall–Kier alpha value is -1.73. The van der Waals surface area contributed by atoms with Gasteiger partial charge in [-0.2, -0.15) is 0 Å². The highest BCUT2D eigenvalue weighted by Crippen LogP contribution is 2.42. The zero-order valence-corrected chi connectivity index (χ0v) is 12.3. The van der Waals surface area contributed by atoms with Gasteiger partial charge in [0.15, 0.2) is 0 Å². The molecule has 0 amide bonds. The molecule has 102 valence electrons. The van der Waals surface area contributed by atoms with Crippen LogP contribution < -0.4 is 5.73 Å². The summed E-state index contributed by atoms with van der Waals surface area (Å²) >= 11 is 4.80. The smallest absolute Gasteiger partial charge is 0.230 e. The van der Waals surface area contributed by atoms with Gasteiger partial charge < -0.3 is 10.3 Å². The van der Waals surface area contributed by atoms with Crippen molar-refractivity contribution in [1.82, 2.24) is 5.16 Å². The third-order valence-electron chi connectivity index (χ3n) is 2.75. The highest BCUT2D eigenvalue weighted by molar-refractivity contribution is 9.10. The van der Waals surface area contributed by atoms with Crippen LogP contribution in [0, 0.1) is 11.6 Å². The summed E-state index contributed by atoms with van der Waals surface area (Å²) in [7, 11) is 0. The summed E-state index contributed by atoms with van der Waals surface area (Å²) in [4.78, 5) is 0.768. The van der Waals surface area contributed by atoms with Gasteiger partial charge in [-0.15, -0.1) is 11.3 Å². The molecule has 3 aromatic rings. The molecule has 0 saturated heterocycles. The summed E-state index contributed by atoms with van der Waals surface area (Å²) in [6.07, 6.45) is 0. The SMILES string of the molecule is Nc1onc(-c2sccc2Br)c1-c1ccc(F)cc1F. The average molecular weight is 357 g/mol. The molecular weight excluding hydrogens is 350 g/mol. The molecule has 0 radical (unpaired) electrons. The van der Waals surface area contributed by atoms with Crippen molar-refractivity contribution in [2.75, 3.05) is 5.73 Å². The molecule has 0 atom stereocenters. The number of nitrogen functional groups attached to an aromatic ring is 1. The minimum Gasteiger partial charge on any atom is -0.367 e. The second-order valence-corrected chi connectivity index (χ2v) is 5.76. The van der Waals surface area contributed by atoms with E-state index in [0.717, 1.165) is 21.5 Å². The van der Waals surface area contributed by atoms with Crippen molar-refractivity contribution in [3.63, 3.8) is 0 Å². The van der Waals surface area contributed by atoms with Gasteiger partial charge in [-0.1, -0.05) is 5.16 Å². The minimum atomic E-state index is -0.714. The van der Waals surface area contributed by atoms with E-state index >= 15 is 0 Å². The normalized spacial score (nSPS) is 10.9. The third-order valence-corrected chi connectivity index (χ3v) is 4.60. The molecule has 3 nitrogen and oxygen atoms in total. The number of hydrogen-bond donors (Lipinski definition) is 1. The Morgan fingerprint density at radius 2 is 2.05 bits per heavy atom. The number of benzene rings is 1. The lowest BCUT2D eigenvalue weighted by atomic mass is 10.0. The first-order valence-electron chi connectivity index (χ1n) is 5.52. The van der Waals surface area contributed by atoms with Crippen LogP contribution in [0.4, 0.5) is 14.7 Å². The van der Waals surface area contributed by atoms with Crippen molar-refractivity contribution in [2.45, 2.75) is 0 Å². The minimum absolute atomic E-state index is 0.00851. The number of nitrogens with two attached hydrogens (primary N) is 1. The maximum Gasteiger partial charge on any atom is 0.230 e. The maximum atomic E-state index is 13.9. The second kappa shape index (κ2) is 4.99. The van der Waals surface area contributed by atoms with Crippen molar-refractivity contribution >= 4 is 33.2 Å². The van der Waals surface area contributed by atoms with Crippen LogP contribution in [0.25, 0.3) is 21.7 Å². The largest absolute Gasteiger partial charge is 0.367 e. The van der Waals surface area contributed by atoms with Gasteiger partial charge in [0.1, 0.15) is 17.3 Å². The molecule has 2 aromatic heterocycles. The van der Waals surface area contributed by atoms with E-state index in [4.69, 9.17) is 10.3 Å². The molecule has 7 heteroatoms. The highest BCUT2D eigenvalue weighted by atomic mass is 79.9. The Bertz CT molecular complexity index is 785. The van der Waals surface area contributed by atoms with Crippen molar-refractivity contribution < 1.29 is 13.3 Å². The molecule has 2 N–H and O–H groups in total. The fourth-order valence-corrected chi connectivity index (χ4v) is 3.42. The summed E-state index contributed by atoms with van der Waals surface area (Å²) in [6, 6.07) is 5.13. The molecule has 0 aliphatic rings. The van der Waals surface area contributed by atoms with Gasteiger partial charge in [0.05, 0.1) is 10.4 Å². The summed E-state index contributed by atoms with van der Waals surface area (Å²) in [5, 5.41) is 5.74. The second-order valence-electron chi connectivity index (χ2n) is 3.99. The zero-order chi connectivity index (χ0) is 14.3. The lowest BCUT2D eigenvalue weighted by Gasteiger charge is -2.03. The van der Waals surface area contributed by atoms with Crippen molar-refractivity contribution in [2.24, 2.45) is 0 Å². The van der Waals surface area contributed by atoms with Gasteiger partial charge >= 0.3 is 0 Å². The van der Waals surface area contributed by atoms with Crippen LogP contribution in [0.3, 0.4) is 0 Å². The number of halogens is 3. The Kier molecular flexibility index (Phi) is 3.31. The predicted molar refractivity (Wildman–Crippen MR) is 77.3 cm³/mol. The predicted octanol–water partition coefficient (Wildman–Crippen LogP) is 4.69. The van der Waals surface area contributed by atoms with E-state index in [1.165, 1.54) is 17.4 Å². The molecule has 20 heavy (non-hydrogen) atoms. The Morgan fingerprint density at radius 3 is 2.70 bits per heavy atom. The average Bonchev–Trinajstić information content (AvgIpc) is 2.96. The Balaban J connectivity index is 2.24. The lowest BCUT2D eigenvalue weighted by molar-refractivity contribution is 0.439. The molecule has 0 bridgehead atoms. The number of thiophene rings is 1. The number of aromatic nitrogens is 1. The number of anilines is 1. The van der Waals surface area contributed by atoms with E-state index in [0.29, 0.717) is 11.3 Å². The number of hydrogen-bond acceptors (Lipinski definition) is 4. The van der Waals surface area contributed by atoms with E-state index in [-0.39, 0.29) is 11.4 Å². The van der Waals surface area contributed by atoms with Gasteiger partial charge in [0.25, 0.3) is 0 Å². The van der Waals surface area contributed by atoms with Gasteiger partial charge in [0.2, 0.25) is 5.88 Å². The first kappa shape index (κ1) is 13.3. The summed E-state index contributed by atoms with van der Waals surface area (Å²) in [5.74, 6) is -1.38. The Labute approximate surface area is 125 Å². The van der Waals surface area contributed by atoms with Gasteiger partial charge in [-0.05, 0) is 39.5 Å². The first-order chi connectivity index (χ1) is 9.58. The van der Waals surface area contributed by atoms with Gasteiger partial charge in [0, 0.05) is 16.1 Å². The monoisotopic (exact) mass is 356 g/mol. The number of nitrogens with zero attached hydrogens (tertiary/aromatic N) is 1. The van der Waals surface area contributed by atoms with Crippen LogP contribution in [-0.4, -0.2) is 5.16 Å². The fraction of sp³-hybridized carbons (Fsp3) is 0. The summed E-state index contributed by atoms with van der Waals surface area (Å²) in [5.41, 5.74) is 6.64. The summed E-state index contributed by atoms with van der Waals surface area (Å²) in [6.45, 7) is 0. The van der Waals surface area contributed by atoms with E-state index in [9.17, 15) is 8.78 Å².